The van der Waals surface area contributed by atoms with Crippen LogP contribution in [0.2, 0.25) is 0 Å². The third-order valence-corrected chi connectivity index (χ3v) is 2.60. The van der Waals surface area contributed by atoms with Crippen molar-refractivity contribution in [3.63, 3.8) is 0 Å². The van der Waals surface area contributed by atoms with Gasteiger partial charge in [0.2, 0.25) is 0 Å². The Labute approximate surface area is 69.2 Å². The molecule has 1 saturated carbocycles. The van der Waals surface area contributed by atoms with Crippen LogP contribution in [0.4, 0.5) is 0 Å². The minimum Gasteiger partial charge on any atom is -0.387 e. The van der Waals surface area contributed by atoms with Crippen molar-refractivity contribution >= 4 is 0 Å². The van der Waals surface area contributed by atoms with Crippen molar-refractivity contribution < 1.29 is 25.2 Å². The fraction of sp³-hybridized carbons (Fsp3) is 1.00. The lowest BCUT2D eigenvalue weighted by atomic mass is 9.97. The summed E-state index contributed by atoms with van der Waals surface area (Å²) in [6.07, 6.45) is -3.95. The average molecular weight is 176 g/mol. The first-order valence-electron chi connectivity index (χ1n) is 3.97. The summed E-state index contributed by atoms with van der Waals surface area (Å²) in [6, 6.07) is 0. The molecule has 70 valence electrons. The second kappa shape index (κ2) is 2.40. The zero-order valence-corrected chi connectivity index (χ0v) is 6.42. The largest absolute Gasteiger partial charge is 0.387 e. The van der Waals surface area contributed by atoms with Crippen molar-refractivity contribution in [3.05, 3.63) is 0 Å². The fourth-order valence-electron chi connectivity index (χ4n) is 1.58. The molecule has 0 bridgehead atoms. The number of hydrogen-bond acceptors (Lipinski definition) is 5. The summed E-state index contributed by atoms with van der Waals surface area (Å²) in [5, 5.41) is 36.9. The maximum Gasteiger partial charge on any atom is 0.184 e. The maximum absolute atomic E-state index is 9.41. The summed E-state index contributed by atoms with van der Waals surface area (Å²) in [6.45, 7) is 0. The molecule has 1 aliphatic carbocycles. The van der Waals surface area contributed by atoms with Gasteiger partial charge >= 0.3 is 0 Å². The molecule has 12 heavy (non-hydrogen) atoms. The molecule has 4 unspecified atom stereocenters. The molecule has 1 heterocycles. The second-order valence-electron chi connectivity index (χ2n) is 3.50. The summed E-state index contributed by atoms with van der Waals surface area (Å²) in [7, 11) is 0. The van der Waals surface area contributed by atoms with E-state index < -0.39 is 30.2 Å². The summed E-state index contributed by atoms with van der Waals surface area (Å²) in [5.74, 6) is 0. The Morgan fingerprint density at radius 2 is 1.58 bits per heavy atom. The standard InChI is InChI=1S/C7H12O5/c8-3-4(9)6(11)12-7(1-2-7)5(3)10/h3-6,8-11H,1-2H2. The molecule has 4 N–H and O–H groups in total. The molecule has 0 amide bonds. The minimum absolute atomic E-state index is 0.620. The van der Waals surface area contributed by atoms with Crippen molar-refractivity contribution in [3.8, 4) is 0 Å². The van der Waals surface area contributed by atoms with Crippen molar-refractivity contribution in [1.29, 1.82) is 0 Å². The Kier molecular flexibility index (Phi) is 1.68. The SMILES string of the molecule is OC1OC2(CC2)C(O)C(O)C1O. The van der Waals surface area contributed by atoms with Crippen molar-refractivity contribution in [2.24, 2.45) is 0 Å². The van der Waals surface area contributed by atoms with Crippen molar-refractivity contribution in [1.82, 2.24) is 0 Å². The van der Waals surface area contributed by atoms with Crippen LogP contribution in [-0.2, 0) is 4.74 Å². The van der Waals surface area contributed by atoms with Gasteiger partial charge in [-0.1, -0.05) is 0 Å². The van der Waals surface area contributed by atoms with Gasteiger partial charge in [0, 0.05) is 0 Å². The Morgan fingerprint density at radius 3 is 2.08 bits per heavy atom. The molecule has 2 aliphatic rings. The molecular weight excluding hydrogens is 164 g/mol. The van der Waals surface area contributed by atoms with E-state index >= 15 is 0 Å². The van der Waals surface area contributed by atoms with Gasteiger partial charge in [-0.3, -0.25) is 0 Å². The fourth-order valence-corrected chi connectivity index (χ4v) is 1.58. The van der Waals surface area contributed by atoms with Crippen LogP contribution < -0.4 is 0 Å². The van der Waals surface area contributed by atoms with Gasteiger partial charge in [0.15, 0.2) is 6.29 Å². The molecule has 0 aromatic rings. The molecule has 0 aromatic carbocycles. The Morgan fingerprint density at radius 1 is 1.00 bits per heavy atom. The van der Waals surface area contributed by atoms with Crippen molar-refractivity contribution in [2.75, 3.05) is 0 Å². The Bertz CT molecular complexity index is 190. The normalized spacial score (nSPS) is 51.0. The summed E-state index contributed by atoms with van der Waals surface area (Å²) in [4.78, 5) is 0. The van der Waals surface area contributed by atoms with Gasteiger partial charge in [0.1, 0.15) is 23.9 Å². The lowest BCUT2D eigenvalue weighted by molar-refractivity contribution is -0.291. The van der Waals surface area contributed by atoms with Crippen LogP contribution >= 0.6 is 0 Å². The summed E-state index contributed by atoms with van der Waals surface area (Å²) >= 11 is 0. The van der Waals surface area contributed by atoms with E-state index in [0.29, 0.717) is 12.8 Å². The monoisotopic (exact) mass is 176 g/mol. The van der Waals surface area contributed by atoms with Gasteiger partial charge in [-0.15, -0.1) is 0 Å². The first-order chi connectivity index (χ1) is 5.57. The van der Waals surface area contributed by atoms with E-state index in [4.69, 9.17) is 14.9 Å². The molecule has 0 radical (unpaired) electrons. The third-order valence-electron chi connectivity index (χ3n) is 2.60. The van der Waals surface area contributed by atoms with Crippen LogP contribution in [0, 0.1) is 0 Å². The molecule has 4 atom stereocenters. The topological polar surface area (TPSA) is 90.2 Å². The number of ether oxygens (including phenoxy) is 1. The maximum atomic E-state index is 9.41. The summed E-state index contributed by atoms with van der Waals surface area (Å²) in [5.41, 5.74) is -0.794. The van der Waals surface area contributed by atoms with E-state index in [9.17, 15) is 10.2 Å². The van der Waals surface area contributed by atoms with E-state index in [1.54, 1.807) is 0 Å². The zero-order valence-electron chi connectivity index (χ0n) is 6.42. The van der Waals surface area contributed by atoms with Crippen LogP contribution in [0.15, 0.2) is 0 Å². The Balaban J connectivity index is 2.15. The van der Waals surface area contributed by atoms with Gasteiger partial charge in [-0.2, -0.15) is 0 Å². The van der Waals surface area contributed by atoms with Gasteiger partial charge in [-0.05, 0) is 12.8 Å². The molecule has 1 aliphatic heterocycles. The van der Waals surface area contributed by atoms with Crippen LogP contribution in [0.1, 0.15) is 12.8 Å². The molecule has 0 aromatic heterocycles. The molecule has 5 heteroatoms. The van der Waals surface area contributed by atoms with Gasteiger partial charge < -0.3 is 25.2 Å². The number of aliphatic hydroxyl groups is 4. The Hall–Kier alpha value is -0.200. The smallest absolute Gasteiger partial charge is 0.184 e. The predicted molar refractivity (Wildman–Crippen MR) is 37.1 cm³/mol. The quantitative estimate of drug-likeness (QED) is 0.341. The van der Waals surface area contributed by atoms with E-state index in [1.165, 1.54) is 0 Å². The van der Waals surface area contributed by atoms with Crippen molar-refractivity contribution in [2.45, 2.75) is 43.0 Å². The van der Waals surface area contributed by atoms with E-state index in [1.807, 2.05) is 0 Å². The number of aliphatic hydroxyl groups excluding tert-OH is 4. The van der Waals surface area contributed by atoms with Crippen LogP contribution in [-0.4, -0.2) is 50.6 Å². The lowest BCUT2D eigenvalue weighted by Crippen LogP contribution is -2.58. The van der Waals surface area contributed by atoms with Crippen LogP contribution in [0.25, 0.3) is 0 Å². The first-order valence-corrected chi connectivity index (χ1v) is 3.97. The van der Waals surface area contributed by atoms with Crippen LogP contribution in [0.3, 0.4) is 0 Å². The first kappa shape index (κ1) is 8.40. The second-order valence-corrected chi connectivity index (χ2v) is 3.50. The van der Waals surface area contributed by atoms with Gasteiger partial charge in [-0.25, -0.2) is 0 Å². The highest BCUT2D eigenvalue weighted by molar-refractivity contribution is 5.08. The van der Waals surface area contributed by atoms with Gasteiger partial charge in [0.05, 0.1) is 0 Å². The van der Waals surface area contributed by atoms with Gasteiger partial charge in [0.25, 0.3) is 0 Å². The minimum atomic E-state index is -1.41. The zero-order chi connectivity index (χ0) is 8.93. The molecule has 2 fully saturated rings. The highest BCUT2D eigenvalue weighted by atomic mass is 16.6. The molecule has 2 rings (SSSR count). The molecule has 5 nitrogen and oxygen atoms in total. The average Bonchev–Trinajstić information content (AvgIpc) is 2.79. The number of hydrogen-bond donors (Lipinski definition) is 4. The number of rotatable bonds is 0. The van der Waals surface area contributed by atoms with Crippen LogP contribution in [0.5, 0.6) is 0 Å². The highest BCUT2D eigenvalue weighted by Crippen LogP contribution is 2.47. The van der Waals surface area contributed by atoms with E-state index in [-0.39, 0.29) is 0 Å². The predicted octanol–water partition coefficient (Wildman–Crippen LogP) is -2.05. The molecule has 1 spiro atoms. The molecule has 1 saturated heterocycles. The third kappa shape index (κ3) is 0.982. The van der Waals surface area contributed by atoms with E-state index in [0.717, 1.165) is 0 Å². The highest BCUT2D eigenvalue weighted by Gasteiger charge is 2.60. The summed E-state index contributed by atoms with van der Waals surface area (Å²) < 4.78 is 4.98. The van der Waals surface area contributed by atoms with E-state index in [2.05, 4.69) is 0 Å². The lowest BCUT2D eigenvalue weighted by Gasteiger charge is -2.38. The molecular formula is C7H12O5.